The summed E-state index contributed by atoms with van der Waals surface area (Å²) >= 11 is 0. The molecule has 25 heavy (non-hydrogen) atoms. The van der Waals surface area contributed by atoms with Gasteiger partial charge in [-0.05, 0) is 68.1 Å². The Hall–Kier alpha value is -1.75. The van der Waals surface area contributed by atoms with E-state index >= 15 is 0 Å². The predicted molar refractivity (Wildman–Crippen MR) is 97.7 cm³/mol. The van der Waals surface area contributed by atoms with Gasteiger partial charge in [-0.2, -0.15) is 0 Å². The van der Waals surface area contributed by atoms with E-state index in [1.54, 1.807) is 7.11 Å². The minimum absolute atomic E-state index is 0.0835. The summed E-state index contributed by atoms with van der Waals surface area (Å²) in [7, 11) is 1.67. The number of carbonyl (C=O) groups excluding carboxylic acids is 1. The van der Waals surface area contributed by atoms with Crippen molar-refractivity contribution in [1.29, 1.82) is 0 Å². The Kier molecular flexibility index (Phi) is 6.19. The molecule has 0 aliphatic heterocycles. The van der Waals surface area contributed by atoms with Crippen molar-refractivity contribution in [2.75, 3.05) is 13.7 Å². The van der Waals surface area contributed by atoms with Crippen LogP contribution < -0.4 is 15.4 Å². The van der Waals surface area contributed by atoms with Gasteiger partial charge in [-0.3, -0.25) is 0 Å². The van der Waals surface area contributed by atoms with Crippen LogP contribution in [0.5, 0.6) is 5.75 Å². The van der Waals surface area contributed by atoms with Gasteiger partial charge in [0.25, 0.3) is 0 Å². The first-order valence-corrected chi connectivity index (χ1v) is 9.49. The zero-order valence-electron chi connectivity index (χ0n) is 15.0. The summed E-state index contributed by atoms with van der Waals surface area (Å²) in [6.07, 6.45) is 6.84. The fraction of sp³-hybridized carbons (Fsp3) is 0.650. The quantitative estimate of drug-likeness (QED) is 0.711. The molecule has 0 spiro atoms. The molecule has 2 aliphatic carbocycles. The lowest BCUT2D eigenvalue weighted by Gasteiger charge is -2.26. The lowest BCUT2D eigenvalue weighted by molar-refractivity contribution is 0.101. The van der Waals surface area contributed by atoms with Crippen molar-refractivity contribution >= 4 is 6.03 Å². The van der Waals surface area contributed by atoms with E-state index in [0.29, 0.717) is 18.4 Å². The highest BCUT2D eigenvalue weighted by Gasteiger charge is 2.32. The molecule has 5 nitrogen and oxygen atoms in total. The molecule has 2 fully saturated rings. The van der Waals surface area contributed by atoms with Crippen molar-refractivity contribution in [3.05, 3.63) is 29.8 Å². The van der Waals surface area contributed by atoms with Crippen LogP contribution in [0.15, 0.2) is 24.3 Å². The molecule has 138 valence electrons. The molecule has 1 aromatic rings. The van der Waals surface area contributed by atoms with E-state index in [9.17, 15) is 9.90 Å². The van der Waals surface area contributed by atoms with Crippen molar-refractivity contribution in [2.24, 2.45) is 11.8 Å². The molecule has 0 saturated heterocycles. The van der Waals surface area contributed by atoms with Gasteiger partial charge < -0.3 is 20.5 Å². The number of rotatable bonds is 7. The predicted octanol–water partition coefficient (Wildman–Crippen LogP) is 2.87. The number of methoxy groups -OCH3 is 1. The number of aliphatic hydroxyl groups excluding tert-OH is 1. The van der Waals surface area contributed by atoms with Crippen LogP contribution in [0, 0.1) is 11.8 Å². The number of hydrogen-bond donors (Lipinski definition) is 3. The van der Waals surface area contributed by atoms with Crippen LogP contribution >= 0.6 is 0 Å². The third-order valence-electron chi connectivity index (χ3n) is 5.40. The highest BCUT2D eigenvalue weighted by molar-refractivity contribution is 5.74. The van der Waals surface area contributed by atoms with Gasteiger partial charge in [0.2, 0.25) is 0 Å². The molecule has 2 amide bonds. The summed E-state index contributed by atoms with van der Waals surface area (Å²) < 4.78 is 5.29. The van der Waals surface area contributed by atoms with Gasteiger partial charge in [0.05, 0.1) is 13.2 Å². The molecule has 1 aromatic carbocycles. The number of urea groups is 1. The minimum Gasteiger partial charge on any atom is -0.497 e. The molecule has 0 radical (unpaired) electrons. The monoisotopic (exact) mass is 346 g/mol. The Morgan fingerprint density at radius 3 is 2.88 bits per heavy atom. The molecule has 5 heteroatoms. The maximum absolute atomic E-state index is 12.3. The van der Waals surface area contributed by atoms with Gasteiger partial charge in [0.15, 0.2) is 0 Å². The van der Waals surface area contributed by atoms with Crippen LogP contribution in [0.3, 0.4) is 0 Å². The molecule has 0 bridgehead atoms. The number of benzene rings is 1. The summed E-state index contributed by atoms with van der Waals surface area (Å²) in [5, 5.41) is 15.9. The molecule has 0 aromatic heterocycles. The average Bonchev–Trinajstić information content (AvgIpc) is 3.45. The molecular formula is C20H30N2O3. The highest BCUT2D eigenvalue weighted by atomic mass is 16.5. The number of ether oxygens (including phenoxy) is 1. The maximum atomic E-state index is 12.3. The van der Waals surface area contributed by atoms with E-state index in [4.69, 9.17) is 4.74 Å². The van der Waals surface area contributed by atoms with Crippen LogP contribution in [-0.2, 0) is 6.42 Å². The Morgan fingerprint density at radius 1 is 1.32 bits per heavy atom. The summed E-state index contributed by atoms with van der Waals surface area (Å²) in [6, 6.07) is 8.14. The molecule has 3 unspecified atom stereocenters. The van der Waals surface area contributed by atoms with Crippen molar-refractivity contribution < 1.29 is 14.6 Å². The molecule has 3 atom stereocenters. The van der Waals surface area contributed by atoms with Gasteiger partial charge in [-0.25, -0.2) is 4.79 Å². The molecule has 2 saturated carbocycles. The third-order valence-corrected chi connectivity index (χ3v) is 5.40. The number of carbonyl (C=O) groups is 1. The van der Waals surface area contributed by atoms with Gasteiger partial charge in [0, 0.05) is 12.6 Å². The minimum atomic E-state index is -0.198. The second-order valence-electron chi connectivity index (χ2n) is 7.54. The van der Waals surface area contributed by atoms with Crippen LogP contribution in [-0.4, -0.2) is 36.9 Å². The van der Waals surface area contributed by atoms with E-state index in [2.05, 4.69) is 16.7 Å². The van der Waals surface area contributed by atoms with Crippen LogP contribution in [0.4, 0.5) is 4.79 Å². The number of amides is 2. The lowest BCUT2D eigenvalue weighted by Crippen LogP contribution is -2.46. The maximum Gasteiger partial charge on any atom is 0.315 e. The Morgan fingerprint density at radius 2 is 2.16 bits per heavy atom. The first-order valence-electron chi connectivity index (χ1n) is 9.49. The molecule has 3 N–H and O–H groups in total. The number of aliphatic hydroxyl groups is 1. The summed E-state index contributed by atoms with van der Waals surface area (Å²) in [5.41, 5.74) is 1.19. The smallest absolute Gasteiger partial charge is 0.315 e. The average molecular weight is 346 g/mol. The van der Waals surface area contributed by atoms with Gasteiger partial charge in [-0.1, -0.05) is 18.6 Å². The zero-order chi connectivity index (χ0) is 17.6. The lowest BCUT2D eigenvalue weighted by atomic mass is 9.87. The van der Waals surface area contributed by atoms with E-state index in [0.717, 1.165) is 37.9 Å². The molecular weight excluding hydrogens is 316 g/mol. The van der Waals surface area contributed by atoms with E-state index in [1.165, 1.54) is 18.4 Å². The van der Waals surface area contributed by atoms with Crippen molar-refractivity contribution in [3.8, 4) is 5.75 Å². The third kappa shape index (κ3) is 5.63. The molecule has 2 aliphatic rings. The summed E-state index contributed by atoms with van der Waals surface area (Å²) in [5.74, 6) is 1.83. The molecule has 0 heterocycles. The summed E-state index contributed by atoms with van der Waals surface area (Å²) in [6.45, 7) is 0.652. The SMILES string of the molecule is COc1cccc(CC(NC(=O)NCC2CCCC(O)C2)C2CC2)c1. The van der Waals surface area contributed by atoms with E-state index in [1.807, 2.05) is 18.2 Å². The highest BCUT2D eigenvalue weighted by Crippen LogP contribution is 2.34. The zero-order valence-corrected chi connectivity index (χ0v) is 15.0. The van der Waals surface area contributed by atoms with Crippen molar-refractivity contribution in [3.63, 3.8) is 0 Å². The fourth-order valence-corrected chi connectivity index (χ4v) is 3.79. The topological polar surface area (TPSA) is 70.6 Å². The standard InChI is InChI=1S/C20H30N2O3/c1-25-18-7-3-4-14(11-18)12-19(16-8-9-16)22-20(24)21-13-15-5-2-6-17(23)10-15/h3-4,7,11,15-17,19,23H,2,5-6,8-10,12-13H2,1H3,(H2,21,22,24). The second kappa shape index (κ2) is 8.56. The van der Waals surface area contributed by atoms with E-state index < -0.39 is 0 Å². The Labute approximate surface area is 150 Å². The Bertz CT molecular complexity index is 574. The second-order valence-corrected chi connectivity index (χ2v) is 7.54. The van der Waals surface area contributed by atoms with Crippen molar-refractivity contribution in [1.82, 2.24) is 10.6 Å². The van der Waals surface area contributed by atoms with E-state index in [-0.39, 0.29) is 18.2 Å². The Balaban J connectivity index is 1.48. The molecule has 3 rings (SSSR count). The fourth-order valence-electron chi connectivity index (χ4n) is 3.79. The van der Waals surface area contributed by atoms with Crippen LogP contribution in [0.2, 0.25) is 0 Å². The normalized spacial score (nSPS) is 24.4. The van der Waals surface area contributed by atoms with Crippen molar-refractivity contribution in [2.45, 2.75) is 57.1 Å². The summed E-state index contributed by atoms with van der Waals surface area (Å²) in [4.78, 5) is 12.3. The number of hydrogen-bond acceptors (Lipinski definition) is 3. The first kappa shape index (κ1) is 18.1. The number of nitrogens with one attached hydrogen (secondary N) is 2. The van der Waals surface area contributed by atoms with Gasteiger partial charge in [-0.15, -0.1) is 0 Å². The van der Waals surface area contributed by atoms with Gasteiger partial charge >= 0.3 is 6.03 Å². The first-order chi connectivity index (χ1) is 12.1. The van der Waals surface area contributed by atoms with Crippen LogP contribution in [0.25, 0.3) is 0 Å². The van der Waals surface area contributed by atoms with Gasteiger partial charge in [0.1, 0.15) is 5.75 Å². The largest absolute Gasteiger partial charge is 0.497 e. The van der Waals surface area contributed by atoms with Crippen LogP contribution in [0.1, 0.15) is 44.1 Å².